The quantitative estimate of drug-likeness (QED) is 0.580. The van der Waals surface area contributed by atoms with Gasteiger partial charge in [-0.15, -0.1) is 21.5 Å². The van der Waals surface area contributed by atoms with Crippen LogP contribution in [0.2, 0.25) is 0 Å². The first-order chi connectivity index (χ1) is 12.2. The molecule has 2 aromatic carbocycles. The summed E-state index contributed by atoms with van der Waals surface area (Å²) in [5, 5.41) is 12.8. The normalized spacial score (nSPS) is 10.9. The highest BCUT2D eigenvalue weighted by Crippen LogP contribution is 2.28. The minimum Gasteiger partial charge on any atom is -0.321 e. The molecule has 0 saturated carbocycles. The average Bonchev–Trinajstić information content (AvgIpc) is 3.23. The summed E-state index contributed by atoms with van der Waals surface area (Å²) in [5.41, 5.74) is 0.768. The number of nitrogens with zero attached hydrogens (tertiary/aromatic N) is 3. The molecular weight excluding hydrogens is 352 g/mol. The van der Waals surface area contributed by atoms with Crippen molar-refractivity contribution in [3.05, 3.63) is 65.8 Å². The predicted octanol–water partition coefficient (Wildman–Crippen LogP) is 4.43. The van der Waals surface area contributed by atoms with Gasteiger partial charge >= 0.3 is 0 Å². The summed E-state index contributed by atoms with van der Waals surface area (Å²) in [7, 11) is 1.90. The maximum atomic E-state index is 12.4. The Morgan fingerprint density at radius 1 is 1.16 bits per heavy atom. The summed E-state index contributed by atoms with van der Waals surface area (Å²) in [5.74, 6) is -0.0881. The lowest BCUT2D eigenvalue weighted by Gasteiger charge is -2.05. The van der Waals surface area contributed by atoms with Crippen LogP contribution in [0.4, 0.5) is 5.69 Å². The number of carbonyl (C=O) groups is 1. The predicted molar refractivity (Wildman–Crippen MR) is 101 cm³/mol. The van der Waals surface area contributed by atoms with Gasteiger partial charge in [0.05, 0.1) is 4.88 Å². The van der Waals surface area contributed by atoms with Gasteiger partial charge in [-0.25, -0.2) is 0 Å². The van der Waals surface area contributed by atoms with E-state index < -0.39 is 0 Å². The fraction of sp³-hybridized carbons (Fsp3) is 0.0556. The Bertz CT molecular complexity index is 1000. The molecule has 5 nitrogen and oxygen atoms in total. The van der Waals surface area contributed by atoms with E-state index in [1.165, 1.54) is 23.1 Å². The fourth-order valence-electron chi connectivity index (χ4n) is 2.36. The number of carbonyl (C=O) groups excluding carboxylic acids is 1. The summed E-state index contributed by atoms with van der Waals surface area (Å²) in [6.07, 6.45) is 1.67. The first-order valence-corrected chi connectivity index (χ1v) is 9.24. The molecule has 0 aliphatic carbocycles. The highest BCUT2D eigenvalue weighted by molar-refractivity contribution is 7.99. The lowest BCUT2D eigenvalue weighted by Crippen LogP contribution is -2.09. The number of aromatic nitrogens is 3. The molecule has 0 unspecified atom stereocenters. The van der Waals surface area contributed by atoms with Crippen molar-refractivity contribution in [1.29, 1.82) is 0 Å². The summed E-state index contributed by atoms with van der Waals surface area (Å²) >= 11 is 3.02. The van der Waals surface area contributed by atoms with E-state index in [0.717, 1.165) is 25.8 Å². The number of fused-ring (bicyclic) bond motifs is 1. The third kappa shape index (κ3) is 3.42. The molecule has 0 aliphatic heterocycles. The molecule has 0 atom stereocenters. The molecule has 2 aromatic heterocycles. The number of benzene rings is 2. The Hall–Kier alpha value is -2.64. The number of amides is 1. The first-order valence-electron chi connectivity index (χ1n) is 7.61. The largest absolute Gasteiger partial charge is 0.321 e. The highest BCUT2D eigenvalue weighted by atomic mass is 32.2. The van der Waals surface area contributed by atoms with Crippen molar-refractivity contribution in [2.45, 2.75) is 10.1 Å². The third-order valence-electron chi connectivity index (χ3n) is 3.64. The smallest absolute Gasteiger partial charge is 0.265 e. The monoisotopic (exact) mass is 366 g/mol. The van der Waals surface area contributed by atoms with Crippen molar-refractivity contribution >= 4 is 44.8 Å². The van der Waals surface area contributed by atoms with Crippen LogP contribution in [0.15, 0.2) is 71.0 Å². The lowest BCUT2D eigenvalue weighted by atomic mass is 10.2. The van der Waals surface area contributed by atoms with Gasteiger partial charge in [0.2, 0.25) is 0 Å². The van der Waals surface area contributed by atoms with E-state index in [-0.39, 0.29) is 5.91 Å². The maximum absolute atomic E-state index is 12.4. The molecule has 4 aromatic rings. The molecule has 1 N–H and O–H groups in total. The van der Waals surface area contributed by atoms with Crippen LogP contribution in [-0.4, -0.2) is 20.7 Å². The zero-order valence-corrected chi connectivity index (χ0v) is 15.0. The van der Waals surface area contributed by atoms with Crippen LogP contribution in [0.5, 0.6) is 0 Å². The van der Waals surface area contributed by atoms with Crippen LogP contribution in [0.1, 0.15) is 9.67 Å². The number of hydrogen-bond donors (Lipinski definition) is 1. The van der Waals surface area contributed by atoms with E-state index in [0.29, 0.717) is 4.88 Å². The summed E-state index contributed by atoms with van der Waals surface area (Å²) in [6.45, 7) is 0. The molecule has 0 bridgehead atoms. The van der Waals surface area contributed by atoms with Gasteiger partial charge in [-0.05, 0) is 53.5 Å². The Morgan fingerprint density at radius 3 is 2.68 bits per heavy atom. The minimum absolute atomic E-state index is 0.0881. The van der Waals surface area contributed by atoms with Gasteiger partial charge in [0.1, 0.15) is 6.33 Å². The zero-order chi connectivity index (χ0) is 17.2. The Labute approximate surface area is 152 Å². The number of anilines is 1. The number of nitrogens with one attached hydrogen (secondary N) is 1. The van der Waals surface area contributed by atoms with E-state index in [9.17, 15) is 4.79 Å². The Balaban J connectivity index is 1.47. The van der Waals surface area contributed by atoms with Gasteiger partial charge in [-0.2, -0.15) is 0 Å². The Morgan fingerprint density at radius 2 is 1.96 bits per heavy atom. The van der Waals surface area contributed by atoms with Crippen LogP contribution >= 0.6 is 23.1 Å². The molecule has 0 saturated heterocycles. The van der Waals surface area contributed by atoms with Crippen molar-refractivity contribution in [1.82, 2.24) is 14.8 Å². The molecule has 2 heterocycles. The van der Waals surface area contributed by atoms with Crippen LogP contribution in [0, 0.1) is 0 Å². The summed E-state index contributed by atoms with van der Waals surface area (Å²) in [4.78, 5) is 14.2. The van der Waals surface area contributed by atoms with E-state index >= 15 is 0 Å². The average molecular weight is 366 g/mol. The molecule has 0 radical (unpaired) electrons. The molecule has 0 aliphatic rings. The number of hydrogen-bond acceptors (Lipinski definition) is 5. The molecule has 25 heavy (non-hydrogen) atoms. The number of thiophene rings is 1. The highest BCUT2D eigenvalue weighted by Gasteiger charge is 2.10. The van der Waals surface area contributed by atoms with Gasteiger partial charge in [-0.1, -0.05) is 18.2 Å². The SMILES string of the molecule is Cn1cnnc1Sc1ccc(NC(=O)c2cc3ccccc3s2)cc1. The second-order valence-corrected chi connectivity index (χ2v) is 7.58. The summed E-state index contributed by atoms with van der Waals surface area (Å²) in [6, 6.07) is 17.6. The molecule has 1 amide bonds. The van der Waals surface area contributed by atoms with Crippen LogP contribution in [0.25, 0.3) is 10.1 Å². The second kappa shape index (κ2) is 6.70. The molecule has 124 valence electrons. The fourth-order valence-corrected chi connectivity index (χ4v) is 4.08. The van der Waals surface area contributed by atoms with Gasteiger partial charge in [0.15, 0.2) is 5.16 Å². The Kier molecular flexibility index (Phi) is 4.25. The molecule has 0 spiro atoms. The van der Waals surface area contributed by atoms with Gasteiger partial charge < -0.3 is 9.88 Å². The van der Waals surface area contributed by atoms with Gasteiger partial charge in [-0.3, -0.25) is 4.79 Å². The molecular formula is C18H14N4OS2. The zero-order valence-electron chi connectivity index (χ0n) is 13.3. The van der Waals surface area contributed by atoms with E-state index in [1.807, 2.05) is 66.2 Å². The molecule has 4 rings (SSSR count). The number of rotatable bonds is 4. The molecule has 0 fully saturated rings. The van der Waals surface area contributed by atoms with Crippen molar-refractivity contribution in [2.24, 2.45) is 7.05 Å². The standard InChI is InChI=1S/C18H14N4OS2/c1-22-11-19-21-18(22)24-14-8-6-13(7-9-14)20-17(23)16-10-12-4-2-3-5-15(12)25-16/h2-11H,1H3,(H,20,23). The first kappa shape index (κ1) is 15.9. The van der Waals surface area contributed by atoms with Gasteiger partial charge in [0, 0.05) is 22.3 Å². The van der Waals surface area contributed by atoms with E-state index in [4.69, 9.17) is 0 Å². The van der Waals surface area contributed by atoms with Gasteiger partial charge in [0.25, 0.3) is 5.91 Å². The van der Waals surface area contributed by atoms with Crippen molar-refractivity contribution in [3.8, 4) is 0 Å². The van der Waals surface area contributed by atoms with Crippen LogP contribution in [-0.2, 0) is 7.05 Å². The second-order valence-electron chi connectivity index (χ2n) is 5.45. The van der Waals surface area contributed by atoms with E-state index in [2.05, 4.69) is 15.5 Å². The van der Waals surface area contributed by atoms with Crippen molar-refractivity contribution < 1.29 is 4.79 Å². The van der Waals surface area contributed by atoms with E-state index in [1.54, 1.807) is 6.33 Å². The maximum Gasteiger partial charge on any atom is 0.265 e. The minimum atomic E-state index is -0.0881. The topological polar surface area (TPSA) is 59.8 Å². The lowest BCUT2D eigenvalue weighted by molar-refractivity contribution is 0.103. The number of aryl methyl sites for hydroxylation is 1. The summed E-state index contributed by atoms with van der Waals surface area (Å²) < 4.78 is 2.98. The molecule has 7 heteroatoms. The third-order valence-corrected chi connectivity index (χ3v) is 5.82. The van der Waals surface area contributed by atoms with Crippen molar-refractivity contribution in [2.75, 3.05) is 5.32 Å². The van der Waals surface area contributed by atoms with Crippen molar-refractivity contribution in [3.63, 3.8) is 0 Å². The van der Waals surface area contributed by atoms with Crippen LogP contribution in [0.3, 0.4) is 0 Å². The van der Waals surface area contributed by atoms with Crippen LogP contribution < -0.4 is 5.32 Å².